The molecule has 0 spiro atoms. The second-order valence-electron chi connectivity index (χ2n) is 6.92. The molecule has 4 rings (SSSR count). The minimum Gasteiger partial charge on any atom is -0.454 e. The molecule has 6 heteroatoms. The summed E-state index contributed by atoms with van der Waals surface area (Å²) in [7, 11) is 0. The molecule has 6 nitrogen and oxygen atoms in total. The highest BCUT2D eigenvalue weighted by atomic mass is 16.7. The van der Waals surface area contributed by atoms with Crippen LogP contribution in [-0.2, 0) is 11.2 Å². The Morgan fingerprint density at radius 3 is 2.78 bits per heavy atom. The maximum Gasteiger partial charge on any atom is 0.251 e. The molecule has 2 aromatic carbocycles. The van der Waals surface area contributed by atoms with Crippen molar-refractivity contribution < 1.29 is 19.1 Å². The van der Waals surface area contributed by atoms with Crippen LogP contribution in [0.5, 0.6) is 11.5 Å². The normalized spacial score (nSPS) is 18.0. The number of amides is 2. The number of nitrogens with one attached hydrogen (secondary N) is 1. The number of fused-ring (bicyclic) bond motifs is 1. The summed E-state index contributed by atoms with van der Waals surface area (Å²) in [6, 6.07) is 15.3. The van der Waals surface area contributed by atoms with Crippen molar-refractivity contribution in [3.05, 3.63) is 59.7 Å². The third-order valence-electron chi connectivity index (χ3n) is 4.99. The van der Waals surface area contributed by atoms with Crippen LogP contribution in [0, 0.1) is 5.92 Å². The first-order chi connectivity index (χ1) is 13.2. The monoisotopic (exact) mass is 366 g/mol. The van der Waals surface area contributed by atoms with E-state index in [1.807, 2.05) is 23.1 Å². The predicted molar refractivity (Wildman–Crippen MR) is 99.7 cm³/mol. The van der Waals surface area contributed by atoms with Crippen molar-refractivity contribution in [2.24, 2.45) is 5.92 Å². The summed E-state index contributed by atoms with van der Waals surface area (Å²) >= 11 is 0. The second-order valence-corrected chi connectivity index (χ2v) is 6.92. The highest BCUT2D eigenvalue weighted by molar-refractivity contribution is 5.95. The smallest absolute Gasteiger partial charge is 0.251 e. The molecule has 2 amide bonds. The molecule has 0 aliphatic carbocycles. The van der Waals surface area contributed by atoms with Gasteiger partial charge in [0.1, 0.15) is 0 Å². The Bertz CT molecular complexity index is 837. The maximum absolute atomic E-state index is 12.4. The lowest BCUT2D eigenvalue weighted by Gasteiger charge is -2.17. The summed E-state index contributed by atoms with van der Waals surface area (Å²) in [5.74, 6) is 1.38. The fourth-order valence-electron chi connectivity index (χ4n) is 3.49. The van der Waals surface area contributed by atoms with Gasteiger partial charge in [-0.1, -0.05) is 30.3 Å². The van der Waals surface area contributed by atoms with E-state index in [1.54, 1.807) is 18.2 Å². The molecule has 27 heavy (non-hydrogen) atoms. The van der Waals surface area contributed by atoms with Crippen LogP contribution in [0.4, 0.5) is 0 Å². The molecular weight excluding hydrogens is 344 g/mol. The third kappa shape index (κ3) is 4.05. The van der Waals surface area contributed by atoms with Crippen molar-refractivity contribution >= 4 is 11.8 Å². The molecular formula is C21H22N2O4. The summed E-state index contributed by atoms with van der Waals surface area (Å²) < 4.78 is 10.6. The van der Waals surface area contributed by atoms with Crippen molar-refractivity contribution in [1.29, 1.82) is 0 Å². The Hall–Kier alpha value is -3.02. The Balaban J connectivity index is 1.26. The second kappa shape index (κ2) is 7.70. The zero-order valence-corrected chi connectivity index (χ0v) is 15.0. The third-order valence-corrected chi connectivity index (χ3v) is 4.99. The average molecular weight is 366 g/mol. The van der Waals surface area contributed by atoms with Gasteiger partial charge in [0.15, 0.2) is 11.5 Å². The summed E-state index contributed by atoms with van der Waals surface area (Å²) in [4.78, 5) is 26.5. The molecule has 0 radical (unpaired) electrons. The molecule has 2 aliphatic rings. The van der Waals surface area contributed by atoms with E-state index in [0.29, 0.717) is 36.6 Å². The van der Waals surface area contributed by atoms with Crippen molar-refractivity contribution in [1.82, 2.24) is 10.2 Å². The molecule has 140 valence electrons. The zero-order chi connectivity index (χ0) is 18.6. The van der Waals surface area contributed by atoms with Crippen LogP contribution in [0.15, 0.2) is 48.5 Å². The van der Waals surface area contributed by atoms with E-state index in [4.69, 9.17) is 9.47 Å². The van der Waals surface area contributed by atoms with E-state index in [9.17, 15) is 9.59 Å². The Morgan fingerprint density at radius 2 is 1.93 bits per heavy atom. The van der Waals surface area contributed by atoms with Gasteiger partial charge in [0, 0.05) is 37.5 Å². The van der Waals surface area contributed by atoms with Gasteiger partial charge in [0.05, 0.1) is 0 Å². The Labute approximate surface area is 158 Å². The van der Waals surface area contributed by atoms with Crippen LogP contribution in [0.3, 0.4) is 0 Å². The minimum absolute atomic E-state index is 0.145. The van der Waals surface area contributed by atoms with Gasteiger partial charge in [-0.2, -0.15) is 0 Å². The first-order valence-electron chi connectivity index (χ1n) is 9.18. The van der Waals surface area contributed by atoms with E-state index in [0.717, 1.165) is 13.0 Å². The molecule has 1 atom stereocenters. The number of rotatable bonds is 6. The fourth-order valence-corrected chi connectivity index (χ4v) is 3.49. The molecule has 2 heterocycles. The summed E-state index contributed by atoms with van der Waals surface area (Å²) in [6.07, 6.45) is 1.33. The number of hydrogen-bond donors (Lipinski definition) is 1. The van der Waals surface area contributed by atoms with Crippen LogP contribution < -0.4 is 14.8 Å². The molecule has 1 saturated heterocycles. The lowest BCUT2D eigenvalue weighted by atomic mass is 10.1. The fraction of sp³-hybridized carbons (Fsp3) is 0.333. The van der Waals surface area contributed by atoms with Crippen molar-refractivity contribution in [3.63, 3.8) is 0 Å². The number of ether oxygens (including phenoxy) is 2. The minimum atomic E-state index is -0.163. The number of carbonyl (C=O) groups excluding carboxylic acids is 2. The number of hydrogen-bond acceptors (Lipinski definition) is 4. The molecule has 1 N–H and O–H groups in total. The van der Waals surface area contributed by atoms with Gasteiger partial charge in [-0.3, -0.25) is 9.59 Å². The molecule has 2 aliphatic heterocycles. The van der Waals surface area contributed by atoms with Gasteiger partial charge in [-0.05, 0) is 30.2 Å². The van der Waals surface area contributed by atoms with Gasteiger partial charge >= 0.3 is 0 Å². The van der Waals surface area contributed by atoms with E-state index in [2.05, 4.69) is 17.4 Å². The molecule has 1 unspecified atom stereocenters. The van der Waals surface area contributed by atoms with Gasteiger partial charge < -0.3 is 19.7 Å². The van der Waals surface area contributed by atoms with Gasteiger partial charge in [0.25, 0.3) is 5.91 Å². The average Bonchev–Trinajstić information content (AvgIpc) is 3.30. The van der Waals surface area contributed by atoms with Crippen LogP contribution in [0.2, 0.25) is 0 Å². The molecule has 2 aromatic rings. The van der Waals surface area contributed by atoms with Crippen molar-refractivity contribution in [2.75, 3.05) is 26.4 Å². The standard InChI is InChI=1S/C21H22N2O4/c24-20-10-16(13-23(20)9-8-15-4-2-1-3-5-15)12-22-21(25)17-6-7-18-19(11-17)27-14-26-18/h1-7,11,16H,8-10,12-14H2,(H,22,25). The van der Waals surface area contributed by atoms with E-state index in [-0.39, 0.29) is 24.5 Å². The van der Waals surface area contributed by atoms with E-state index in [1.165, 1.54) is 5.56 Å². The lowest BCUT2D eigenvalue weighted by Crippen LogP contribution is -2.32. The van der Waals surface area contributed by atoms with Crippen molar-refractivity contribution in [2.45, 2.75) is 12.8 Å². The molecule has 0 saturated carbocycles. The molecule has 0 bridgehead atoms. The van der Waals surface area contributed by atoms with E-state index < -0.39 is 0 Å². The Morgan fingerprint density at radius 1 is 1.11 bits per heavy atom. The topological polar surface area (TPSA) is 67.9 Å². The summed E-state index contributed by atoms with van der Waals surface area (Å²) in [5.41, 5.74) is 1.76. The first-order valence-corrected chi connectivity index (χ1v) is 9.18. The van der Waals surface area contributed by atoms with Gasteiger partial charge in [0.2, 0.25) is 12.7 Å². The largest absolute Gasteiger partial charge is 0.454 e. The maximum atomic E-state index is 12.4. The summed E-state index contributed by atoms with van der Waals surface area (Å²) in [5, 5.41) is 2.93. The van der Waals surface area contributed by atoms with Crippen LogP contribution in [0.25, 0.3) is 0 Å². The van der Waals surface area contributed by atoms with Gasteiger partial charge in [-0.15, -0.1) is 0 Å². The lowest BCUT2D eigenvalue weighted by molar-refractivity contribution is -0.127. The number of benzene rings is 2. The van der Waals surface area contributed by atoms with Crippen LogP contribution >= 0.6 is 0 Å². The Kier molecular flexibility index (Phi) is 4.96. The quantitative estimate of drug-likeness (QED) is 0.851. The highest BCUT2D eigenvalue weighted by Gasteiger charge is 2.29. The van der Waals surface area contributed by atoms with Gasteiger partial charge in [-0.25, -0.2) is 0 Å². The van der Waals surface area contributed by atoms with Crippen LogP contribution in [0.1, 0.15) is 22.3 Å². The highest BCUT2D eigenvalue weighted by Crippen LogP contribution is 2.32. The van der Waals surface area contributed by atoms with E-state index >= 15 is 0 Å². The van der Waals surface area contributed by atoms with Crippen molar-refractivity contribution in [3.8, 4) is 11.5 Å². The molecule has 1 fully saturated rings. The first kappa shape index (κ1) is 17.4. The molecule has 0 aromatic heterocycles. The van der Waals surface area contributed by atoms with Crippen LogP contribution in [-0.4, -0.2) is 43.1 Å². The zero-order valence-electron chi connectivity index (χ0n) is 15.0. The number of nitrogens with zero attached hydrogens (tertiary/aromatic N) is 1. The SMILES string of the molecule is O=C(NCC1CC(=O)N(CCc2ccccc2)C1)c1ccc2c(c1)OCO2. The summed E-state index contributed by atoms with van der Waals surface area (Å²) in [6.45, 7) is 2.08. The predicted octanol–water partition coefficient (Wildman–Crippen LogP) is 2.24. The number of likely N-dealkylation sites (tertiary alicyclic amines) is 1. The number of carbonyl (C=O) groups is 2.